The first-order valence-electron chi connectivity index (χ1n) is 11.4. The Morgan fingerprint density at radius 2 is 1.56 bits per heavy atom. The number of rotatable bonds is 17. The van der Waals surface area contributed by atoms with Gasteiger partial charge in [-0.25, -0.2) is 0 Å². The summed E-state index contributed by atoms with van der Waals surface area (Å²) in [6.07, 6.45) is 22.4. The molecule has 0 radical (unpaired) electrons. The number of amides is 1. The predicted molar refractivity (Wildman–Crippen MR) is 115 cm³/mol. The van der Waals surface area contributed by atoms with Gasteiger partial charge >= 0.3 is 0 Å². The van der Waals surface area contributed by atoms with E-state index in [1.54, 1.807) is 4.90 Å². The Bertz CT molecular complexity index is 432. The molecule has 0 unspecified atom stereocenters. The van der Waals surface area contributed by atoms with Gasteiger partial charge in [-0.1, -0.05) is 70.4 Å². The highest BCUT2D eigenvalue weighted by molar-refractivity contribution is 5.99. The van der Waals surface area contributed by atoms with Crippen molar-refractivity contribution < 1.29 is 9.90 Å². The van der Waals surface area contributed by atoms with E-state index in [9.17, 15) is 4.79 Å². The molecule has 27 heavy (non-hydrogen) atoms. The topological polar surface area (TPSA) is 52.9 Å². The van der Waals surface area contributed by atoms with E-state index in [0.717, 1.165) is 18.7 Å². The zero-order chi connectivity index (χ0) is 19.6. The highest BCUT2D eigenvalue weighted by Crippen LogP contribution is 2.12. The normalized spacial score (nSPS) is 14.3. The van der Waals surface area contributed by atoms with Crippen LogP contribution in [0.4, 0.5) is 0 Å². The van der Waals surface area contributed by atoms with Crippen molar-refractivity contribution in [2.24, 2.45) is 4.99 Å². The molecule has 0 fully saturated rings. The predicted octanol–water partition coefficient (Wildman–Crippen LogP) is 5.65. The third-order valence-electron chi connectivity index (χ3n) is 5.22. The number of carbonyl (C=O) groups is 1. The Hall–Kier alpha value is -1.16. The number of unbranched alkanes of at least 4 members (excludes halogenated alkanes) is 11. The van der Waals surface area contributed by atoms with Crippen molar-refractivity contribution in [3.8, 4) is 0 Å². The van der Waals surface area contributed by atoms with Crippen LogP contribution < -0.4 is 0 Å². The molecular weight excluding hydrogens is 336 g/mol. The first kappa shape index (κ1) is 23.9. The fourth-order valence-corrected chi connectivity index (χ4v) is 3.56. The van der Waals surface area contributed by atoms with Gasteiger partial charge < -0.3 is 5.11 Å². The van der Waals surface area contributed by atoms with Crippen molar-refractivity contribution in [1.29, 1.82) is 0 Å². The van der Waals surface area contributed by atoms with Crippen LogP contribution in [0.25, 0.3) is 0 Å². The molecule has 1 heterocycles. The van der Waals surface area contributed by atoms with Crippen molar-refractivity contribution in [2.45, 2.75) is 103 Å². The van der Waals surface area contributed by atoms with Crippen LogP contribution in [-0.4, -0.2) is 41.4 Å². The monoisotopic (exact) mass is 378 g/mol. The lowest BCUT2D eigenvalue weighted by atomic mass is 10.1. The van der Waals surface area contributed by atoms with Gasteiger partial charge in [-0.3, -0.25) is 14.7 Å². The van der Waals surface area contributed by atoms with Crippen LogP contribution >= 0.6 is 0 Å². The molecule has 4 heteroatoms. The number of allylic oxidation sites excluding steroid dienone is 2. The van der Waals surface area contributed by atoms with Crippen LogP contribution in [0.5, 0.6) is 0 Å². The molecule has 1 aliphatic heterocycles. The summed E-state index contributed by atoms with van der Waals surface area (Å²) < 4.78 is 0. The summed E-state index contributed by atoms with van der Waals surface area (Å²) in [6, 6.07) is 0. The maximum Gasteiger partial charge on any atom is 0.227 e. The number of amidine groups is 1. The van der Waals surface area contributed by atoms with Gasteiger partial charge in [0.2, 0.25) is 5.91 Å². The molecule has 1 rings (SSSR count). The highest BCUT2D eigenvalue weighted by Gasteiger charge is 2.22. The lowest BCUT2D eigenvalue weighted by Crippen LogP contribution is -2.34. The summed E-state index contributed by atoms with van der Waals surface area (Å²) in [5.41, 5.74) is 0. The molecular formula is C23H42N2O2. The molecule has 0 spiro atoms. The standard InChI is InChI=1S/C23H42N2O2/c1-2-3-4-5-6-7-8-9-10-11-12-13-14-15-16-17-23(27)25-20-19-24-22(25)18-21-26/h9-10,26H,2-8,11-21H2,1H3. The number of carbonyl (C=O) groups excluding carboxylic acids is 1. The largest absolute Gasteiger partial charge is 0.396 e. The minimum atomic E-state index is 0.0655. The Labute approximate surface area is 167 Å². The summed E-state index contributed by atoms with van der Waals surface area (Å²) in [6.45, 7) is 3.71. The van der Waals surface area contributed by atoms with Gasteiger partial charge in [0.1, 0.15) is 5.84 Å². The summed E-state index contributed by atoms with van der Waals surface area (Å²) in [5, 5.41) is 9.02. The Kier molecular flexibility index (Phi) is 15.0. The van der Waals surface area contributed by atoms with Crippen LogP contribution in [0.15, 0.2) is 17.1 Å². The summed E-state index contributed by atoms with van der Waals surface area (Å²) in [7, 11) is 0. The quantitative estimate of drug-likeness (QED) is 0.263. The Morgan fingerprint density at radius 3 is 2.19 bits per heavy atom. The molecule has 4 nitrogen and oxygen atoms in total. The molecule has 1 aliphatic rings. The van der Waals surface area contributed by atoms with Crippen molar-refractivity contribution in [3.05, 3.63) is 12.2 Å². The molecule has 0 atom stereocenters. The molecule has 0 aromatic rings. The highest BCUT2D eigenvalue weighted by atomic mass is 16.3. The van der Waals surface area contributed by atoms with E-state index >= 15 is 0 Å². The van der Waals surface area contributed by atoms with Crippen LogP contribution in [0.1, 0.15) is 103 Å². The SMILES string of the molecule is CCCCCCCCC=CCCCCCCCC(=O)N1CCN=C1CCO. The number of nitrogens with zero attached hydrogens (tertiary/aromatic N) is 2. The van der Waals surface area contributed by atoms with Crippen molar-refractivity contribution in [2.75, 3.05) is 19.7 Å². The third kappa shape index (κ3) is 12.0. The van der Waals surface area contributed by atoms with Gasteiger partial charge in [-0.15, -0.1) is 0 Å². The van der Waals surface area contributed by atoms with Gasteiger partial charge in [0, 0.05) is 19.4 Å². The number of aliphatic hydroxyl groups is 1. The zero-order valence-electron chi connectivity index (χ0n) is 17.6. The van der Waals surface area contributed by atoms with E-state index in [1.165, 1.54) is 70.6 Å². The molecule has 0 aromatic carbocycles. The van der Waals surface area contributed by atoms with Gasteiger partial charge in [0.25, 0.3) is 0 Å². The van der Waals surface area contributed by atoms with Gasteiger partial charge in [-0.2, -0.15) is 0 Å². The Morgan fingerprint density at radius 1 is 0.963 bits per heavy atom. The molecule has 0 saturated heterocycles. The minimum Gasteiger partial charge on any atom is -0.396 e. The molecule has 1 N–H and O–H groups in total. The lowest BCUT2D eigenvalue weighted by Gasteiger charge is -2.17. The van der Waals surface area contributed by atoms with Crippen LogP contribution in [0.3, 0.4) is 0 Å². The molecule has 1 amide bonds. The molecule has 0 bridgehead atoms. The molecule has 0 aliphatic carbocycles. The van der Waals surface area contributed by atoms with Crippen LogP contribution in [-0.2, 0) is 4.79 Å². The second-order valence-corrected chi connectivity index (χ2v) is 7.65. The first-order valence-corrected chi connectivity index (χ1v) is 11.4. The molecule has 0 saturated carbocycles. The van der Waals surface area contributed by atoms with E-state index in [4.69, 9.17) is 5.11 Å². The second kappa shape index (κ2) is 17.0. The fraction of sp³-hybridized carbons (Fsp3) is 0.826. The van der Waals surface area contributed by atoms with E-state index in [-0.39, 0.29) is 12.5 Å². The average molecular weight is 379 g/mol. The Balaban J connectivity index is 1.88. The smallest absolute Gasteiger partial charge is 0.227 e. The van der Waals surface area contributed by atoms with E-state index < -0.39 is 0 Å². The van der Waals surface area contributed by atoms with Crippen molar-refractivity contribution >= 4 is 11.7 Å². The maximum absolute atomic E-state index is 12.2. The summed E-state index contributed by atoms with van der Waals surface area (Å²) in [4.78, 5) is 18.3. The minimum absolute atomic E-state index is 0.0655. The average Bonchev–Trinajstić information content (AvgIpc) is 3.13. The number of aliphatic imine (C=N–C) groups is 1. The van der Waals surface area contributed by atoms with Crippen LogP contribution in [0, 0.1) is 0 Å². The fourth-order valence-electron chi connectivity index (χ4n) is 3.56. The molecule has 156 valence electrons. The van der Waals surface area contributed by atoms with Gasteiger partial charge in [0.15, 0.2) is 0 Å². The number of hydrogen-bond donors (Lipinski definition) is 1. The molecule has 0 aromatic heterocycles. The lowest BCUT2D eigenvalue weighted by molar-refractivity contribution is -0.127. The zero-order valence-corrected chi connectivity index (χ0v) is 17.6. The first-order chi connectivity index (χ1) is 13.3. The van der Waals surface area contributed by atoms with E-state index in [1.807, 2.05) is 0 Å². The second-order valence-electron chi connectivity index (χ2n) is 7.65. The van der Waals surface area contributed by atoms with Crippen LogP contribution in [0.2, 0.25) is 0 Å². The summed E-state index contributed by atoms with van der Waals surface area (Å²) >= 11 is 0. The number of hydrogen-bond acceptors (Lipinski definition) is 3. The summed E-state index contributed by atoms with van der Waals surface area (Å²) in [5.74, 6) is 0.951. The van der Waals surface area contributed by atoms with E-state index in [2.05, 4.69) is 24.1 Å². The van der Waals surface area contributed by atoms with Gasteiger partial charge in [-0.05, 0) is 32.1 Å². The van der Waals surface area contributed by atoms with Crippen molar-refractivity contribution in [1.82, 2.24) is 4.90 Å². The number of aliphatic hydroxyl groups excluding tert-OH is 1. The maximum atomic E-state index is 12.2. The third-order valence-corrected chi connectivity index (χ3v) is 5.22. The van der Waals surface area contributed by atoms with E-state index in [0.29, 0.717) is 25.9 Å². The van der Waals surface area contributed by atoms with Crippen molar-refractivity contribution in [3.63, 3.8) is 0 Å². The van der Waals surface area contributed by atoms with Gasteiger partial charge in [0.05, 0.1) is 13.2 Å².